The summed E-state index contributed by atoms with van der Waals surface area (Å²) in [5.74, 6) is -0.583. The molecule has 4 rings (SSSR count). The van der Waals surface area contributed by atoms with Gasteiger partial charge in [0, 0.05) is 55.6 Å². The van der Waals surface area contributed by atoms with Gasteiger partial charge in [0.05, 0.1) is 6.54 Å². The molecule has 186 valence electrons. The van der Waals surface area contributed by atoms with Crippen LogP contribution in [0.1, 0.15) is 43.0 Å². The first-order valence-electron chi connectivity index (χ1n) is 12.4. The highest BCUT2D eigenvalue weighted by molar-refractivity contribution is 5.95. The second kappa shape index (κ2) is 11.3. The molecule has 7 nitrogen and oxygen atoms in total. The van der Waals surface area contributed by atoms with Crippen molar-refractivity contribution in [2.75, 3.05) is 49.5 Å². The van der Waals surface area contributed by atoms with E-state index in [-0.39, 0.29) is 30.2 Å². The molecular weight excluding hydrogens is 447 g/mol. The highest BCUT2D eigenvalue weighted by atomic mass is 19.1. The van der Waals surface area contributed by atoms with Crippen LogP contribution in [-0.2, 0) is 9.59 Å². The molecule has 2 fully saturated rings. The normalized spacial score (nSPS) is 15.9. The number of hydrogen-bond acceptors (Lipinski definition) is 4. The number of amides is 3. The van der Waals surface area contributed by atoms with Crippen molar-refractivity contribution in [3.8, 4) is 0 Å². The summed E-state index contributed by atoms with van der Waals surface area (Å²) in [6.45, 7) is 5.12. The summed E-state index contributed by atoms with van der Waals surface area (Å²) in [5, 5.41) is 2.90. The Morgan fingerprint density at radius 1 is 1.03 bits per heavy atom. The molecule has 1 saturated carbocycles. The molecule has 0 unspecified atom stereocenters. The molecule has 0 aromatic heterocycles. The van der Waals surface area contributed by atoms with Crippen LogP contribution in [0.25, 0.3) is 0 Å². The van der Waals surface area contributed by atoms with Crippen molar-refractivity contribution in [1.82, 2.24) is 9.80 Å². The third kappa shape index (κ3) is 6.18. The maximum Gasteiger partial charge on any atom is 0.254 e. The predicted molar refractivity (Wildman–Crippen MR) is 134 cm³/mol. The van der Waals surface area contributed by atoms with Gasteiger partial charge in [-0.1, -0.05) is 19.4 Å². The zero-order valence-electron chi connectivity index (χ0n) is 20.2. The van der Waals surface area contributed by atoms with Crippen LogP contribution in [-0.4, -0.2) is 66.8 Å². The van der Waals surface area contributed by atoms with Gasteiger partial charge in [0.15, 0.2) is 0 Å². The van der Waals surface area contributed by atoms with E-state index in [0.29, 0.717) is 44.0 Å². The van der Waals surface area contributed by atoms with Crippen molar-refractivity contribution >= 4 is 29.1 Å². The molecule has 1 N–H and O–H groups in total. The van der Waals surface area contributed by atoms with Gasteiger partial charge in [-0.2, -0.15) is 0 Å². The second-order valence-corrected chi connectivity index (χ2v) is 9.27. The van der Waals surface area contributed by atoms with Crippen LogP contribution in [0.15, 0.2) is 48.5 Å². The molecular formula is C27H33FN4O3. The first kappa shape index (κ1) is 24.7. The van der Waals surface area contributed by atoms with Crippen molar-refractivity contribution in [2.45, 2.75) is 32.6 Å². The van der Waals surface area contributed by atoms with Gasteiger partial charge in [-0.3, -0.25) is 14.4 Å². The number of carbonyl (C=O) groups excluding carboxylic acids is 3. The van der Waals surface area contributed by atoms with E-state index < -0.39 is 5.82 Å². The van der Waals surface area contributed by atoms with Crippen LogP contribution in [0.4, 0.5) is 15.8 Å². The molecule has 0 bridgehead atoms. The van der Waals surface area contributed by atoms with Crippen LogP contribution < -0.4 is 10.2 Å². The van der Waals surface area contributed by atoms with Gasteiger partial charge in [0.2, 0.25) is 11.8 Å². The Bertz CT molecular complexity index is 1050. The third-order valence-corrected chi connectivity index (χ3v) is 6.75. The van der Waals surface area contributed by atoms with Crippen LogP contribution in [0.2, 0.25) is 0 Å². The summed E-state index contributed by atoms with van der Waals surface area (Å²) in [5.41, 5.74) is 2.06. The van der Waals surface area contributed by atoms with E-state index in [0.717, 1.165) is 31.4 Å². The fraction of sp³-hybridized carbons (Fsp3) is 0.444. The van der Waals surface area contributed by atoms with Gasteiger partial charge >= 0.3 is 0 Å². The Morgan fingerprint density at radius 2 is 1.74 bits per heavy atom. The van der Waals surface area contributed by atoms with E-state index in [2.05, 4.69) is 10.2 Å². The Kier molecular flexibility index (Phi) is 8.00. The van der Waals surface area contributed by atoms with Gasteiger partial charge in [-0.15, -0.1) is 0 Å². The minimum atomic E-state index is -0.412. The number of rotatable bonds is 8. The molecule has 1 heterocycles. The van der Waals surface area contributed by atoms with Crippen molar-refractivity contribution in [1.29, 1.82) is 0 Å². The van der Waals surface area contributed by atoms with E-state index >= 15 is 0 Å². The lowest BCUT2D eigenvalue weighted by Crippen LogP contribution is -2.48. The average molecular weight is 481 g/mol. The van der Waals surface area contributed by atoms with E-state index in [9.17, 15) is 18.8 Å². The minimum absolute atomic E-state index is 0.0756. The fourth-order valence-corrected chi connectivity index (χ4v) is 4.55. The van der Waals surface area contributed by atoms with Gasteiger partial charge in [0.25, 0.3) is 5.91 Å². The molecule has 1 aliphatic carbocycles. The predicted octanol–water partition coefficient (Wildman–Crippen LogP) is 3.77. The largest absolute Gasteiger partial charge is 0.368 e. The Labute approximate surface area is 205 Å². The Balaban J connectivity index is 1.27. The summed E-state index contributed by atoms with van der Waals surface area (Å²) >= 11 is 0. The molecule has 2 aromatic carbocycles. The summed E-state index contributed by atoms with van der Waals surface area (Å²) in [6, 6.07) is 13.4. The number of benzene rings is 2. The van der Waals surface area contributed by atoms with Crippen molar-refractivity contribution in [3.63, 3.8) is 0 Å². The minimum Gasteiger partial charge on any atom is -0.368 e. The highest BCUT2D eigenvalue weighted by Crippen LogP contribution is 2.28. The van der Waals surface area contributed by atoms with Crippen molar-refractivity contribution in [2.24, 2.45) is 5.92 Å². The molecule has 35 heavy (non-hydrogen) atoms. The standard InChI is InChI=1S/C27H33FN4O3/c1-2-13-32(26(34)20-5-3-6-20)19-25(33)29-23-9-11-24(12-10-23)30-14-16-31(17-15-30)27(35)21-7-4-8-22(28)18-21/h4,7-12,18,20H,2-3,5-6,13-17,19H2,1H3,(H,29,33). The zero-order valence-corrected chi connectivity index (χ0v) is 20.2. The third-order valence-electron chi connectivity index (χ3n) is 6.75. The molecule has 2 aliphatic rings. The number of piperazine rings is 1. The SMILES string of the molecule is CCCN(CC(=O)Nc1ccc(N2CCN(C(=O)c3cccc(F)c3)CC2)cc1)C(=O)C1CCC1. The summed E-state index contributed by atoms with van der Waals surface area (Å²) in [7, 11) is 0. The number of nitrogens with one attached hydrogen (secondary N) is 1. The maximum absolute atomic E-state index is 13.4. The highest BCUT2D eigenvalue weighted by Gasteiger charge is 2.30. The van der Waals surface area contributed by atoms with Crippen LogP contribution in [0.5, 0.6) is 0 Å². The maximum atomic E-state index is 13.4. The molecule has 2 aromatic rings. The topological polar surface area (TPSA) is 73.0 Å². The fourth-order valence-electron chi connectivity index (χ4n) is 4.55. The molecule has 0 atom stereocenters. The lowest BCUT2D eigenvalue weighted by molar-refractivity contribution is -0.140. The first-order chi connectivity index (χ1) is 16.9. The number of carbonyl (C=O) groups is 3. The van der Waals surface area contributed by atoms with Gasteiger partial charge in [0.1, 0.15) is 5.82 Å². The monoisotopic (exact) mass is 480 g/mol. The zero-order chi connectivity index (χ0) is 24.8. The van der Waals surface area contributed by atoms with Gasteiger partial charge in [-0.05, 0) is 61.7 Å². The lowest BCUT2D eigenvalue weighted by atomic mass is 9.84. The molecule has 0 radical (unpaired) electrons. The molecule has 0 spiro atoms. The first-order valence-corrected chi connectivity index (χ1v) is 12.4. The van der Waals surface area contributed by atoms with E-state index in [4.69, 9.17) is 0 Å². The van der Waals surface area contributed by atoms with E-state index in [1.807, 2.05) is 31.2 Å². The average Bonchev–Trinajstić information content (AvgIpc) is 2.83. The molecule has 1 aliphatic heterocycles. The van der Waals surface area contributed by atoms with Crippen molar-refractivity contribution < 1.29 is 18.8 Å². The van der Waals surface area contributed by atoms with Crippen LogP contribution in [0, 0.1) is 11.7 Å². The lowest BCUT2D eigenvalue weighted by Gasteiger charge is -2.36. The van der Waals surface area contributed by atoms with Gasteiger partial charge in [-0.25, -0.2) is 4.39 Å². The van der Waals surface area contributed by atoms with E-state index in [1.54, 1.807) is 21.9 Å². The smallest absolute Gasteiger partial charge is 0.254 e. The Morgan fingerprint density at radius 3 is 2.34 bits per heavy atom. The van der Waals surface area contributed by atoms with E-state index in [1.165, 1.54) is 12.1 Å². The number of halogens is 1. The number of nitrogens with zero attached hydrogens (tertiary/aromatic N) is 3. The summed E-state index contributed by atoms with van der Waals surface area (Å²) in [6.07, 6.45) is 3.76. The molecule has 8 heteroatoms. The molecule has 1 saturated heterocycles. The number of anilines is 2. The number of hydrogen-bond donors (Lipinski definition) is 1. The Hall–Kier alpha value is -3.42. The van der Waals surface area contributed by atoms with Crippen LogP contribution >= 0.6 is 0 Å². The quantitative estimate of drug-likeness (QED) is 0.624. The molecule has 3 amide bonds. The summed E-state index contributed by atoms with van der Waals surface area (Å²) in [4.78, 5) is 43.4. The van der Waals surface area contributed by atoms with Crippen LogP contribution in [0.3, 0.4) is 0 Å². The van der Waals surface area contributed by atoms with Gasteiger partial charge < -0.3 is 20.0 Å². The summed E-state index contributed by atoms with van der Waals surface area (Å²) < 4.78 is 13.4. The second-order valence-electron chi connectivity index (χ2n) is 9.27. The van der Waals surface area contributed by atoms with Crippen molar-refractivity contribution in [3.05, 3.63) is 59.9 Å².